The molecule has 0 radical (unpaired) electrons. The molecule has 154 valence electrons. The largest absolute Gasteiger partial charge is 0.322 e. The predicted octanol–water partition coefficient (Wildman–Crippen LogP) is 4.24. The van der Waals surface area contributed by atoms with Crippen LogP contribution in [-0.2, 0) is 10.0 Å². The van der Waals surface area contributed by atoms with Crippen LogP contribution in [0.1, 0.15) is 16.8 Å². The molecule has 2 heterocycles. The summed E-state index contributed by atoms with van der Waals surface area (Å²) in [5.74, 6) is -0.387. The summed E-state index contributed by atoms with van der Waals surface area (Å²) in [5, 5.41) is 3.41. The maximum atomic E-state index is 12.9. The molecule has 0 spiro atoms. The topological polar surface area (TPSA) is 92.3 Å². The monoisotopic (exact) mass is 462 g/mol. The number of carbonyl (C=O) groups is 1. The number of nitrogens with zero attached hydrogens (tertiary/aromatic N) is 3. The Balaban J connectivity index is 1.63. The molecule has 3 aromatic rings. The molecule has 1 N–H and O–H groups in total. The van der Waals surface area contributed by atoms with Crippen molar-refractivity contribution in [2.75, 3.05) is 21.9 Å². The molecular formula is C20H16Cl2N4O3S. The van der Waals surface area contributed by atoms with Gasteiger partial charge < -0.3 is 5.32 Å². The Labute approximate surface area is 183 Å². The summed E-state index contributed by atoms with van der Waals surface area (Å²) in [5.41, 5.74) is 2.52. The first-order chi connectivity index (χ1) is 14.3. The van der Waals surface area contributed by atoms with Crippen molar-refractivity contribution in [1.29, 1.82) is 0 Å². The third kappa shape index (κ3) is 4.26. The smallest absolute Gasteiger partial charge is 0.257 e. The van der Waals surface area contributed by atoms with Gasteiger partial charge in [-0.2, -0.15) is 0 Å². The van der Waals surface area contributed by atoms with Crippen molar-refractivity contribution < 1.29 is 13.2 Å². The number of amides is 1. The number of nitrogens with one attached hydrogen (secondary N) is 1. The molecule has 0 bridgehead atoms. The quantitative estimate of drug-likeness (QED) is 0.625. The van der Waals surface area contributed by atoms with Crippen molar-refractivity contribution in [3.8, 4) is 11.1 Å². The Morgan fingerprint density at radius 1 is 1.03 bits per heavy atom. The van der Waals surface area contributed by atoms with Gasteiger partial charge in [-0.05, 0) is 48.4 Å². The van der Waals surface area contributed by atoms with Gasteiger partial charge in [0.15, 0.2) is 0 Å². The van der Waals surface area contributed by atoms with Crippen LogP contribution in [0.3, 0.4) is 0 Å². The molecule has 10 heteroatoms. The number of benzene rings is 2. The van der Waals surface area contributed by atoms with Crippen LogP contribution in [-0.4, -0.2) is 36.6 Å². The van der Waals surface area contributed by atoms with Crippen LogP contribution in [0.25, 0.3) is 11.1 Å². The molecule has 7 nitrogen and oxygen atoms in total. The minimum atomic E-state index is -3.37. The van der Waals surface area contributed by atoms with Crippen molar-refractivity contribution in [2.45, 2.75) is 6.42 Å². The van der Waals surface area contributed by atoms with Gasteiger partial charge in [-0.25, -0.2) is 18.4 Å². The van der Waals surface area contributed by atoms with Gasteiger partial charge >= 0.3 is 0 Å². The predicted molar refractivity (Wildman–Crippen MR) is 118 cm³/mol. The Bertz CT molecular complexity index is 1220. The number of aromatic nitrogens is 2. The summed E-state index contributed by atoms with van der Waals surface area (Å²) in [6, 6.07) is 9.68. The van der Waals surface area contributed by atoms with E-state index in [1.54, 1.807) is 36.7 Å². The van der Waals surface area contributed by atoms with Crippen LogP contribution in [0, 0.1) is 0 Å². The van der Waals surface area contributed by atoms with E-state index in [0.29, 0.717) is 29.4 Å². The first-order valence-electron chi connectivity index (χ1n) is 9.01. The minimum Gasteiger partial charge on any atom is -0.322 e. The van der Waals surface area contributed by atoms with Gasteiger partial charge in [0, 0.05) is 35.2 Å². The highest BCUT2D eigenvalue weighted by atomic mass is 35.5. The molecule has 1 amide bonds. The molecule has 0 saturated carbocycles. The fraction of sp³-hybridized carbons (Fsp3) is 0.150. The zero-order valence-corrected chi connectivity index (χ0v) is 17.9. The van der Waals surface area contributed by atoms with Gasteiger partial charge in [0.25, 0.3) is 5.91 Å². The Hall–Kier alpha value is -2.68. The molecule has 1 saturated heterocycles. The molecule has 4 rings (SSSR count). The number of halogens is 2. The molecule has 0 atom stereocenters. The summed E-state index contributed by atoms with van der Waals surface area (Å²) in [6.45, 7) is 0.377. The molecular weight excluding hydrogens is 447 g/mol. The van der Waals surface area contributed by atoms with E-state index < -0.39 is 15.9 Å². The van der Waals surface area contributed by atoms with E-state index in [1.807, 2.05) is 0 Å². The van der Waals surface area contributed by atoms with Crippen LogP contribution >= 0.6 is 23.2 Å². The van der Waals surface area contributed by atoms with E-state index >= 15 is 0 Å². The summed E-state index contributed by atoms with van der Waals surface area (Å²) >= 11 is 12.4. The van der Waals surface area contributed by atoms with E-state index in [0.717, 1.165) is 11.1 Å². The zero-order valence-electron chi connectivity index (χ0n) is 15.5. The van der Waals surface area contributed by atoms with Gasteiger partial charge in [-0.15, -0.1) is 0 Å². The Morgan fingerprint density at radius 2 is 1.80 bits per heavy atom. The first kappa shape index (κ1) is 20.6. The van der Waals surface area contributed by atoms with Crippen LogP contribution in [0.5, 0.6) is 0 Å². The van der Waals surface area contributed by atoms with E-state index in [4.69, 9.17) is 23.2 Å². The average molecular weight is 463 g/mol. The summed E-state index contributed by atoms with van der Waals surface area (Å²) in [6.07, 6.45) is 5.25. The fourth-order valence-corrected chi connectivity index (χ4v) is 5.24. The Morgan fingerprint density at radius 3 is 2.50 bits per heavy atom. The summed E-state index contributed by atoms with van der Waals surface area (Å²) < 4.78 is 25.7. The van der Waals surface area contributed by atoms with Gasteiger partial charge in [-0.1, -0.05) is 23.2 Å². The van der Waals surface area contributed by atoms with Gasteiger partial charge in [0.1, 0.15) is 6.33 Å². The van der Waals surface area contributed by atoms with E-state index in [1.165, 1.54) is 22.8 Å². The second-order valence-corrected chi connectivity index (χ2v) is 9.57. The molecule has 0 unspecified atom stereocenters. The van der Waals surface area contributed by atoms with E-state index in [2.05, 4.69) is 15.3 Å². The number of sulfonamides is 1. The zero-order chi connectivity index (χ0) is 21.3. The third-order valence-electron chi connectivity index (χ3n) is 4.63. The highest BCUT2D eigenvalue weighted by Gasteiger charge is 2.29. The fourth-order valence-electron chi connectivity index (χ4n) is 3.25. The lowest BCUT2D eigenvalue weighted by atomic mass is 10.1. The SMILES string of the molecule is O=C(Nc1cc(Cl)cc(-c2cncnc2)c1)c1cc(N2CCCS2(=O)=O)ccc1Cl. The number of carbonyl (C=O) groups excluding carboxylic acids is 1. The average Bonchev–Trinajstić information content (AvgIpc) is 3.07. The normalized spacial score (nSPS) is 15.2. The number of hydrogen-bond donors (Lipinski definition) is 1. The molecule has 30 heavy (non-hydrogen) atoms. The molecule has 0 aliphatic carbocycles. The van der Waals surface area contributed by atoms with Crippen LogP contribution in [0.15, 0.2) is 55.1 Å². The molecule has 1 aliphatic rings. The molecule has 2 aromatic carbocycles. The maximum absolute atomic E-state index is 12.9. The molecule has 1 aromatic heterocycles. The van der Waals surface area contributed by atoms with Crippen molar-refractivity contribution in [2.24, 2.45) is 0 Å². The van der Waals surface area contributed by atoms with Crippen LogP contribution < -0.4 is 9.62 Å². The summed E-state index contributed by atoms with van der Waals surface area (Å²) in [7, 11) is -3.37. The number of anilines is 2. The van der Waals surface area contributed by atoms with Gasteiger partial charge in [0.05, 0.1) is 22.0 Å². The summed E-state index contributed by atoms with van der Waals surface area (Å²) in [4.78, 5) is 20.9. The minimum absolute atomic E-state index is 0.0889. The lowest BCUT2D eigenvalue weighted by Crippen LogP contribution is -2.25. The molecule has 1 fully saturated rings. The van der Waals surface area contributed by atoms with Crippen molar-refractivity contribution >= 4 is 50.5 Å². The number of rotatable bonds is 4. The van der Waals surface area contributed by atoms with E-state index in [9.17, 15) is 13.2 Å². The highest BCUT2D eigenvalue weighted by molar-refractivity contribution is 7.93. The van der Waals surface area contributed by atoms with Crippen molar-refractivity contribution in [1.82, 2.24) is 9.97 Å². The van der Waals surface area contributed by atoms with Crippen LogP contribution in [0.4, 0.5) is 11.4 Å². The standard InChI is InChI=1S/C20H16Cl2N4O3S/c21-15-6-13(14-10-23-12-24-11-14)7-16(8-15)25-20(27)18-9-17(2-3-19(18)22)26-4-1-5-30(26,28)29/h2-3,6-12H,1,4-5H2,(H,25,27). The maximum Gasteiger partial charge on any atom is 0.257 e. The van der Waals surface area contributed by atoms with Crippen molar-refractivity contribution in [3.63, 3.8) is 0 Å². The lowest BCUT2D eigenvalue weighted by molar-refractivity contribution is 0.102. The third-order valence-corrected chi connectivity index (χ3v) is 7.05. The first-order valence-corrected chi connectivity index (χ1v) is 11.4. The number of hydrogen-bond acceptors (Lipinski definition) is 5. The van der Waals surface area contributed by atoms with Gasteiger partial charge in [-0.3, -0.25) is 9.10 Å². The Kier molecular flexibility index (Phi) is 5.64. The second-order valence-electron chi connectivity index (χ2n) is 6.72. The lowest BCUT2D eigenvalue weighted by Gasteiger charge is -2.18. The van der Waals surface area contributed by atoms with Crippen LogP contribution in [0.2, 0.25) is 10.0 Å². The second kappa shape index (κ2) is 8.22. The van der Waals surface area contributed by atoms with Gasteiger partial charge in [0.2, 0.25) is 10.0 Å². The highest BCUT2D eigenvalue weighted by Crippen LogP contribution is 2.30. The van der Waals surface area contributed by atoms with Crippen molar-refractivity contribution in [3.05, 3.63) is 70.7 Å². The molecule has 1 aliphatic heterocycles. The van der Waals surface area contributed by atoms with E-state index in [-0.39, 0.29) is 16.3 Å².